The minimum atomic E-state index is -0.324. The summed E-state index contributed by atoms with van der Waals surface area (Å²) >= 11 is 0. The summed E-state index contributed by atoms with van der Waals surface area (Å²) in [7, 11) is 3.36. The summed E-state index contributed by atoms with van der Waals surface area (Å²) in [5, 5.41) is 3.19. The van der Waals surface area contributed by atoms with Crippen LogP contribution in [0.2, 0.25) is 0 Å². The van der Waals surface area contributed by atoms with Crippen molar-refractivity contribution in [2.75, 3.05) is 38.7 Å². The molecule has 98 valence electrons. The smallest absolute Gasteiger partial charge is 0.341 e. The molecule has 1 aliphatic heterocycles. The second-order valence-corrected chi connectivity index (χ2v) is 4.52. The molecule has 0 aromatic carbocycles. The Morgan fingerprint density at radius 2 is 2.50 bits per heavy atom. The molecule has 2 heterocycles. The summed E-state index contributed by atoms with van der Waals surface area (Å²) < 4.78 is 4.79. The monoisotopic (exact) mass is 249 g/mol. The van der Waals surface area contributed by atoms with Gasteiger partial charge in [-0.3, -0.25) is 0 Å². The summed E-state index contributed by atoms with van der Waals surface area (Å²) in [4.78, 5) is 18.2. The summed E-state index contributed by atoms with van der Waals surface area (Å²) in [6.07, 6.45) is 2.84. The lowest BCUT2D eigenvalue weighted by Gasteiger charge is -2.19. The standard InChI is InChI=1S/C13H19N3O2/c1-14-8-10-5-7-16(9-10)12-11(13(17)18-2)4-3-6-15-12/h3-4,6,10,14H,5,7-9H2,1-2H3. The average molecular weight is 249 g/mol. The molecule has 1 aromatic rings. The molecule has 1 aromatic heterocycles. The average Bonchev–Trinajstić information content (AvgIpc) is 2.87. The number of rotatable bonds is 4. The van der Waals surface area contributed by atoms with E-state index in [1.54, 1.807) is 18.3 Å². The van der Waals surface area contributed by atoms with Crippen molar-refractivity contribution in [3.05, 3.63) is 23.9 Å². The lowest BCUT2D eigenvalue weighted by Crippen LogP contribution is -2.26. The summed E-state index contributed by atoms with van der Waals surface area (Å²) in [5.41, 5.74) is 0.546. The number of esters is 1. The van der Waals surface area contributed by atoms with Crippen LogP contribution in [0, 0.1) is 5.92 Å². The maximum absolute atomic E-state index is 11.7. The molecule has 0 spiro atoms. The van der Waals surface area contributed by atoms with Gasteiger partial charge in [-0.15, -0.1) is 0 Å². The van der Waals surface area contributed by atoms with Crippen molar-refractivity contribution < 1.29 is 9.53 Å². The van der Waals surface area contributed by atoms with Gasteiger partial charge in [0.05, 0.1) is 7.11 Å². The molecule has 5 heteroatoms. The number of hydrogen-bond acceptors (Lipinski definition) is 5. The Morgan fingerprint density at radius 1 is 1.67 bits per heavy atom. The van der Waals surface area contributed by atoms with Crippen LogP contribution in [0.25, 0.3) is 0 Å². The van der Waals surface area contributed by atoms with Crippen LogP contribution in [0.15, 0.2) is 18.3 Å². The fraction of sp³-hybridized carbons (Fsp3) is 0.538. The zero-order chi connectivity index (χ0) is 13.0. The molecule has 1 aliphatic rings. The molecule has 1 atom stereocenters. The summed E-state index contributed by atoms with van der Waals surface area (Å²) in [5.74, 6) is 1.03. The molecule has 0 amide bonds. The molecule has 2 rings (SSSR count). The molecule has 1 unspecified atom stereocenters. The van der Waals surface area contributed by atoms with E-state index in [1.165, 1.54) is 7.11 Å². The SMILES string of the molecule is CNCC1CCN(c2ncccc2C(=O)OC)C1. The van der Waals surface area contributed by atoms with Crippen molar-refractivity contribution in [1.29, 1.82) is 0 Å². The minimum absolute atomic E-state index is 0.324. The molecule has 0 saturated carbocycles. The molecule has 1 fully saturated rings. The van der Waals surface area contributed by atoms with Crippen molar-refractivity contribution in [1.82, 2.24) is 10.3 Å². The Hall–Kier alpha value is -1.62. The zero-order valence-corrected chi connectivity index (χ0v) is 10.8. The van der Waals surface area contributed by atoms with Gasteiger partial charge in [-0.05, 0) is 38.1 Å². The maximum Gasteiger partial charge on any atom is 0.341 e. The lowest BCUT2D eigenvalue weighted by molar-refractivity contribution is 0.0601. The van der Waals surface area contributed by atoms with Gasteiger partial charge < -0.3 is 15.0 Å². The number of ether oxygens (including phenoxy) is 1. The highest BCUT2D eigenvalue weighted by atomic mass is 16.5. The minimum Gasteiger partial charge on any atom is -0.465 e. The highest BCUT2D eigenvalue weighted by molar-refractivity contribution is 5.94. The van der Waals surface area contributed by atoms with E-state index in [0.29, 0.717) is 11.5 Å². The van der Waals surface area contributed by atoms with Crippen molar-refractivity contribution in [3.63, 3.8) is 0 Å². The highest BCUT2D eigenvalue weighted by Gasteiger charge is 2.26. The Kier molecular flexibility index (Phi) is 4.15. The van der Waals surface area contributed by atoms with E-state index in [9.17, 15) is 4.79 Å². The quantitative estimate of drug-likeness (QED) is 0.804. The predicted molar refractivity (Wildman–Crippen MR) is 69.8 cm³/mol. The molecule has 1 N–H and O–H groups in total. The largest absolute Gasteiger partial charge is 0.465 e. The van der Waals surface area contributed by atoms with E-state index < -0.39 is 0 Å². The van der Waals surface area contributed by atoms with Gasteiger partial charge in [0, 0.05) is 19.3 Å². The molecule has 0 bridgehead atoms. The lowest BCUT2D eigenvalue weighted by atomic mass is 10.1. The number of carbonyl (C=O) groups is 1. The van der Waals surface area contributed by atoms with Gasteiger partial charge in [0.1, 0.15) is 11.4 Å². The third-order valence-electron chi connectivity index (χ3n) is 3.27. The van der Waals surface area contributed by atoms with E-state index >= 15 is 0 Å². The number of methoxy groups -OCH3 is 1. The topological polar surface area (TPSA) is 54.5 Å². The van der Waals surface area contributed by atoms with Crippen LogP contribution in [0.5, 0.6) is 0 Å². The van der Waals surface area contributed by atoms with Gasteiger partial charge in [0.25, 0.3) is 0 Å². The maximum atomic E-state index is 11.7. The van der Waals surface area contributed by atoms with Crippen LogP contribution in [0.1, 0.15) is 16.8 Å². The van der Waals surface area contributed by atoms with Crippen LogP contribution < -0.4 is 10.2 Å². The normalized spacial score (nSPS) is 19.0. The molecular formula is C13H19N3O2. The second-order valence-electron chi connectivity index (χ2n) is 4.52. The zero-order valence-electron chi connectivity index (χ0n) is 10.8. The number of nitrogens with zero attached hydrogens (tertiary/aromatic N) is 2. The number of aromatic nitrogens is 1. The number of carbonyl (C=O) groups excluding carboxylic acids is 1. The Morgan fingerprint density at radius 3 is 3.22 bits per heavy atom. The predicted octanol–water partition coefficient (Wildman–Crippen LogP) is 0.914. The molecule has 18 heavy (non-hydrogen) atoms. The van der Waals surface area contributed by atoms with E-state index in [4.69, 9.17) is 4.74 Å². The van der Waals surface area contributed by atoms with Gasteiger partial charge in [-0.2, -0.15) is 0 Å². The number of hydrogen-bond donors (Lipinski definition) is 1. The van der Waals surface area contributed by atoms with Crippen LogP contribution in [0.4, 0.5) is 5.82 Å². The molecule has 5 nitrogen and oxygen atoms in total. The molecule has 1 saturated heterocycles. The summed E-state index contributed by atoms with van der Waals surface area (Å²) in [6.45, 7) is 2.87. The molecular weight excluding hydrogens is 230 g/mol. The van der Waals surface area contributed by atoms with Gasteiger partial charge in [0.15, 0.2) is 0 Å². The van der Waals surface area contributed by atoms with Crippen LogP contribution >= 0.6 is 0 Å². The number of anilines is 1. The van der Waals surface area contributed by atoms with E-state index in [-0.39, 0.29) is 5.97 Å². The van der Waals surface area contributed by atoms with E-state index in [2.05, 4.69) is 15.2 Å². The first-order chi connectivity index (χ1) is 8.76. The van der Waals surface area contributed by atoms with Gasteiger partial charge in [-0.1, -0.05) is 0 Å². The third-order valence-corrected chi connectivity index (χ3v) is 3.27. The fourth-order valence-corrected chi connectivity index (χ4v) is 2.40. The van der Waals surface area contributed by atoms with Crippen LogP contribution in [-0.2, 0) is 4.74 Å². The first-order valence-electron chi connectivity index (χ1n) is 6.19. The van der Waals surface area contributed by atoms with E-state index in [1.807, 2.05) is 7.05 Å². The summed E-state index contributed by atoms with van der Waals surface area (Å²) in [6, 6.07) is 3.52. The fourth-order valence-electron chi connectivity index (χ4n) is 2.40. The molecule has 0 radical (unpaired) electrons. The Bertz CT molecular complexity index is 422. The Balaban J connectivity index is 2.16. The van der Waals surface area contributed by atoms with Gasteiger partial charge in [0.2, 0.25) is 0 Å². The van der Waals surface area contributed by atoms with Crippen molar-refractivity contribution in [3.8, 4) is 0 Å². The van der Waals surface area contributed by atoms with Gasteiger partial charge >= 0.3 is 5.97 Å². The van der Waals surface area contributed by atoms with Crippen LogP contribution in [0.3, 0.4) is 0 Å². The van der Waals surface area contributed by atoms with E-state index in [0.717, 1.165) is 31.9 Å². The second kappa shape index (κ2) is 5.82. The number of pyridine rings is 1. The molecule has 0 aliphatic carbocycles. The van der Waals surface area contributed by atoms with Crippen LogP contribution in [-0.4, -0.2) is 44.7 Å². The number of nitrogens with one attached hydrogen (secondary N) is 1. The highest BCUT2D eigenvalue weighted by Crippen LogP contribution is 2.25. The first kappa shape index (κ1) is 12.8. The first-order valence-corrected chi connectivity index (χ1v) is 6.19. The van der Waals surface area contributed by atoms with Crippen molar-refractivity contribution in [2.45, 2.75) is 6.42 Å². The van der Waals surface area contributed by atoms with Crippen molar-refractivity contribution in [2.24, 2.45) is 5.92 Å². The third kappa shape index (κ3) is 2.61. The Labute approximate surface area is 107 Å². The van der Waals surface area contributed by atoms with Gasteiger partial charge in [-0.25, -0.2) is 9.78 Å². The van der Waals surface area contributed by atoms with Crippen molar-refractivity contribution >= 4 is 11.8 Å².